The largest absolute Gasteiger partial charge is 0.495 e. The van der Waals surface area contributed by atoms with E-state index in [9.17, 15) is 12.8 Å². The topological polar surface area (TPSA) is 101 Å². The number of anilines is 2. The van der Waals surface area contributed by atoms with Crippen molar-refractivity contribution in [2.45, 2.75) is 23.5 Å². The maximum Gasteiger partial charge on any atom is 0.224 e. The molecular formula is C25H29FN6O3S. The SMILES string of the molecule is C=Cc1c(C#CCNc2ccc(S(C)(=O)=O)cc2OC)nn2c(N[C@@H]3CCN(C)C[C@@H]3F)nccc12. The number of aromatic nitrogens is 3. The van der Waals surface area contributed by atoms with Crippen molar-refractivity contribution in [2.75, 3.05) is 50.7 Å². The van der Waals surface area contributed by atoms with Gasteiger partial charge in [0.1, 0.15) is 17.6 Å². The first-order chi connectivity index (χ1) is 17.2. The van der Waals surface area contributed by atoms with Gasteiger partial charge in [0.2, 0.25) is 5.95 Å². The van der Waals surface area contributed by atoms with Gasteiger partial charge in [-0.05, 0) is 37.6 Å². The number of ether oxygens (including phenoxy) is 1. The van der Waals surface area contributed by atoms with Gasteiger partial charge in [-0.1, -0.05) is 18.6 Å². The summed E-state index contributed by atoms with van der Waals surface area (Å²) in [6.45, 7) is 5.34. The number of halogens is 1. The molecule has 9 nitrogen and oxygen atoms in total. The van der Waals surface area contributed by atoms with E-state index >= 15 is 0 Å². The van der Waals surface area contributed by atoms with E-state index in [-0.39, 0.29) is 17.5 Å². The lowest BCUT2D eigenvalue weighted by atomic mass is 10.0. The van der Waals surface area contributed by atoms with Gasteiger partial charge in [-0.3, -0.25) is 0 Å². The molecule has 190 valence electrons. The first-order valence-corrected chi connectivity index (χ1v) is 13.3. The molecule has 36 heavy (non-hydrogen) atoms. The zero-order valence-electron chi connectivity index (χ0n) is 20.5. The molecule has 1 aliphatic heterocycles. The predicted molar refractivity (Wildman–Crippen MR) is 139 cm³/mol. The van der Waals surface area contributed by atoms with Crippen LogP contribution in [0.15, 0.2) is 41.9 Å². The monoisotopic (exact) mass is 512 g/mol. The smallest absolute Gasteiger partial charge is 0.224 e. The van der Waals surface area contributed by atoms with Crippen LogP contribution in [0.5, 0.6) is 5.75 Å². The van der Waals surface area contributed by atoms with E-state index in [1.807, 2.05) is 18.0 Å². The van der Waals surface area contributed by atoms with Crippen molar-refractivity contribution in [1.29, 1.82) is 0 Å². The summed E-state index contributed by atoms with van der Waals surface area (Å²) in [5.41, 5.74) is 2.65. The number of methoxy groups -OCH3 is 1. The van der Waals surface area contributed by atoms with Crippen LogP contribution in [0.1, 0.15) is 17.7 Å². The summed E-state index contributed by atoms with van der Waals surface area (Å²) in [5, 5.41) is 10.9. The summed E-state index contributed by atoms with van der Waals surface area (Å²) in [7, 11) is 0.0413. The lowest BCUT2D eigenvalue weighted by Gasteiger charge is -2.32. The van der Waals surface area contributed by atoms with Crippen LogP contribution in [0.25, 0.3) is 11.6 Å². The summed E-state index contributed by atoms with van der Waals surface area (Å²) in [6.07, 6.45) is 4.14. The average molecular weight is 513 g/mol. The number of fused-ring (bicyclic) bond motifs is 1. The Kier molecular flexibility index (Phi) is 7.47. The Hall–Kier alpha value is -3.62. The van der Waals surface area contributed by atoms with Gasteiger partial charge in [0, 0.05) is 37.2 Å². The Balaban J connectivity index is 1.54. The Labute approximate surface area is 210 Å². The average Bonchev–Trinajstić information content (AvgIpc) is 3.21. The van der Waals surface area contributed by atoms with Gasteiger partial charge in [-0.2, -0.15) is 9.61 Å². The van der Waals surface area contributed by atoms with Crippen molar-refractivity contribution >= 4 is 33.1 Å². The quantitative estimate of drug-likeness (QED) is 0.466. The van der Waals surface area contributed by atoms with Crippen molar-refractivity contribution in [3.05, 3.63) is 48.3 Å². The van der Waals surface area contributed by atoms with E-state index < -0.39 is 16.0 Å². The maximum absolute atomic E-state index is 14.6. The van der Waals surface area contributed by atoms with Crippen LogP contribution in [0.2, 0.25) is 0 Å². The number of hydrogen-bond acceptors (Lipinski definition) is 8. The molecule has 1 saturated heterocycles. The van der Waals surface area contributed by atoms with E-state index in [0.29, 0.717) is 36.0 Å². The lowest BCUT2D eigenvalue weighted by molar-refractivity contribution is 0.149. The summed E-state index contributed by atoms with van der Waals surface area (Å²) >= 11 is 0. The highest BCUT2D eigenvalue weighted by atomic mass is 32.2. The lowest BCUT2D eigenvalue weighted by Crippen LogP contribution is -2.46. The summed E-state index contributed by atoms with van der Waals surface area (Å²) in [5.74, 6) is 6.94. The van der Waals surface area contributed by atoms with Gasteiger partial charge in [0.15, 0.2) is 9.84 Å². The third-order valence-corrected chi connectivity index (χ3v) is 7.14. The summed E-state index contributed by atoms with van der Waals surface area (Å²) < 4.78 is 45.1. The molecule has 2 aromatic heterocycles. The van der Waals surface area contributed by atoms with Crippen LogP contribution in [0, 0.1) is 11.8 Å². The van der Waals surface area contributed by atoms with Crippen LogP contribution >= 0.6 is 0 Å². The molecule has 0 spiro atoms. The van der Waals surface area contributed by atoms with E-state index in [1.54, 1.807) is 22.9 Å². The number of rotatable bonds is 7. The van der Waals surface area contributed by atoms with Gasteiger partial charge >= 0.3 is 0 Å². The van der Waals surface area contributed by atoms with Crippen molar-refractivity contribution in [2.24, 2.45) is 0 Å². The van der Waals surface area contributed by atoms with Crippen LogP contribution < -0.4 is 15.4 Å². The molecule has 4 rings (SSSR count). The summed E-state index contributed by atoms with van der Waals surface area (Å²) in [4.78, 5) is 6.53. The fourth-order valence-corrected chi connectivity index (χ4v) is 4.73. The van der Waals surface area contributed by atoms with Gasteiger partial charge in [0.05, 0.1) is 35.8 Å². The second-order valence-corrected chi connectivity index (χ2v) is 10.7. The predicted octanol–water partition coefficient (Wildman–Crippen LogP) is 2.70. The molecule has 3 heterocycles. The van der Waals surface area contributed by atoms with Crippen LogP contribution in [-0.4, -0.2) is 80.2 Å². The Morgan fingerprint density at radius 1 is 1.36 bits per heavy atom. The fraction of sp³-hybridized carbons (Fsp3) is 0.360. The highest BCUT2D eigenvalue weighted by Gasteiger charge is 2.28. The number of alkyl halides is 1. The molecule has 0 unspecified atom stereocenters. The van der Waals surface area contributed by atoms with Crippen LogP contribution in [0.3, 0.4) is 0 Å². The first kappa shape index (κ1) is 25.5. The number of nitrogens with zero attached hydrogens (tertiary/aromatic N) is 4. The number of likely N-dealkylation sites (tertiary alicyclic amines) is 1. The second kappa shape index (κ2) is 10.6. The number of benzene rings is 1. The molecule has 2 N–H and O–H groups in total. The van der Waals surface area contributed by atoms with Gasteiger partial charge in [-0.15, -0.1) is 0 Å². The molecule has 0 saturated carbocycles. The normalized spacial score (nSPS) is 18.3. The molecule has 1 aromatic carbocycles. The van der Waals surface area contributed by atoms with E-state index in [4.69, 9.17) is 4.74 Å². The zero-order valence-corrected chi connectivity index (χ0v) is 21.3. The molecule has 1 aliphatic rings. The summed E-state index contributed by atoms with van der Waals surface area (Å²) in [6, 6.07) is 6.09. The van der Waals surface area contributed by atoms with Gasteiger partial charge in [-0.25, -0.2) is 17.8 Å². The Bertz CT molecular complexity index is 1440. The molecule has 3 aromatic rings. The standard InChI is InChI=1S/C25H29FN6O3S/c1-5-18-20(7-6-12-27-22-9-8-17(36(4,33)34)15-24(22)35-3)30-32-23(18)10-13-28-25(32)29-21-11-14-31(2)16-19(21)26/h5,8-10,13,15,19,21,27H,1,11-12,14,16H2,2-4H3,(H,28,29)/t19-,21+/m0/s1. The van der Waals surface area contributed by atoms with Crippen molar-refractivity contribution in [3.8, 4) is 17.6 Å². The fourth-order valence-electron chi connectivity index (χ4n) is 4.09. The highest BCUT2D eigenvalue weighted by molar-refractivity contribution is 7.90. The minimum atomic E-state index is -3.34. The maximum atomic E-state index is 14.6. The van der Waals surface area contributed by atoms with Crippen LogP contribution in [-0.2, 0) is 9.84 Å². The van der Waals surface area contributed by atoms with E-state index in [1.165, 1.54) is 19.2 Å². The number of sulfone groups is 1. The Morgan fingerprint density at radius 3 is 2.86 bits per heavy atom. The number of piperidine rings is 1. The first-order valence-electron chi connectivity index (χ1n) is 11.4. The van der Waals surface area contributed by atoms with Crippen molar-refractivity contribution in [3.63, 3.8) is 0 Å². The van der Waals surface area contributed by atoms with Gasteiger partial charge in [0.25, 0.3) is 0 Å². The molecule has 0 bridgehead atoms. The minimum absolute atomic E-state index is 0.175. The molecule has 2 atom stereocenters. The number of hydrogen-bond donors (Lipinski definition) is 2. The van der Waals surface area contributed by atoms with E-state index in [2.05, 4.69) is 39.1 Å². The molecule has 1 fully saturated rings. The molecule has 0 radical (unpaired) electrons. The molecule has 0 amide bonds. The Morgan fingerprint density at radius 2 is 2.17 bits per heavy atom. The third-order valence-electron chi connectivity index (χ3n) is 6.03. The highest BCUT2D eigenvalue weighted by Crippen LogP contribution is 2.27. The molecule has 0 aliphatic carbocycles. The minimum Gasteiger partial charge on any atom is -0.495 e. The van der Waals surface area contributed by atoms with Crippen LogP contribution in [0.4, 0.5) is 16.0 Å². The van der Waals surface area contributed by atoms with Crippen molar-refractivity contribution in [1.82, 2.24) is 19.5 Å². The van der Waals surface area contributed by atoms with E-state index in [0.717, 1.165) is 23.9 Å². The molecule has 11 heteroatoms. The second-order valence-electron chi connectivity index (χ2n) is 8.64. The molecular weight excluding hydrogens is 483 g/mol. The van der Waals surface area contributed by atoms with Gasteiger partial charge < -0.3 is 20.3 Å². The zero-order chi connectivity index (χ0) is 25.9. The third kappa shape index (κ3) is 5.45. The number of nitrogens with one attached hydrogen (secondary N) is 2. The van der Waals surface area contributed by atoms with Crippen molar-refractivity contribution < 1.29 is 17.5 Å².